The quantitative estimate of drug-likeness (QED) is 0.0168. The van der Waals surface area contributed by atoms with Crippen LogP contribution in [0.3, 0.4) is 0 Å². The van der Waals surface area contributed by atoms with Crippen molar-refractivity contribution in [3.8, 4) is 23.8 Å². The molecule has 3 rings (SSSR count). The second-order valence-electron chi connectivity index (χ2n) is 16.2. The van der Waals surface area contributed by atoms with Gasteiger partial charge in [0.2, 0.25) is 5.91 Å². The summed E-state index contributed by atoms with van der Waals surface area (Å²) in [7, 11) is 3.97. The molecule has 1 aromatic heterocycles. The molecule has 59 heavy (non-hydrogen) atoms. The zero-order chi connectivity index (χ0) is 44.5. The SMILES string of the molecule is C#CCCCCN(C(=O)CCCC)C(CC(OC(C)=O)c1nc(C(=O)NC(Cc2cc(O)c(N)c(O)c2)CC(C)(C)C=O)cs1)C(C)C.CN1CCCCC1.C[NH][Sr][OH]. The van der Waals surface area contributed by atoms with E-state index in [1.807, 2.05) is 25.7 Å². The van der Waals surface area contributed by atoms with Gasteiger partial charge >= 0.3 is 56.7 Å². The van der Waals surface area contributed by atoms with E-state index in [0.717, 1.165) is 32.0 Å². The average Bonchev–Trinajstić information content (AvgIpc) is 3.69. The van der Waals surface area contributed by atoms with E-state index in [9.17, 15) is 29.4 Å². The number of aldehydes is 1. The Bertz CT molecular complexity index is 1590. The molecule has 0 radical (unpaired) electrons. The third kappa shape index (κ3) is 21.6. The molecule has 2 aromatic rings. The molecule has 2 amide bonds. The van der Waals surface area contributed by atoms with Crippen LogP contribution in [-0.2, 0) is 25.5 Å². The second-order valence-corrected chi connectivity index (χ2v) is 19.6. The number of nitrogens with two attached hydrogens (primary N) is 1. The van der Waals surface area contributed by atoms with Crippen molar-refractivity contribution in [2.45, 2.75) is 137 Å². The van der Waals surface area contributed by atoms with Gasteiger partial charge in [0, 0.05) is 55.6 Å². The molecule has 0 spiro atoms. The average molecular weight is 919 g/mol. The number of nitrogens with zero attached hydrogens (tertiary/aromatic N) is 3. The number of ether oxygens (including phenoxy) is 1. The van der Waals surface area contributed by atoms with Crippen LogP contribution in [0.25, 0.3) is 0 Å². The van der Waals surface area contributed by atoms with Crippen molar-refractivity contribution >= 4 is 83.2 Å². The van der Waals surface area contributed by atoms with Gasteiger partial charge in [-0.05, 0) is 88.7 Å². The van der Waals surface area contributed by atoms with Gasteiger partial charge in [-0.25, -0.2) is 4.98 Å². The maximum absolute atomic E-state index is 13.5. The zero-order valence-corrected chi connectivity index (χ0v) is 41.0. The van der Waals surface area contributed by atoms with E-state index in [2.05, 4.69) is 29.0 Å². The van der Waals surface area contributed by atoms with Crippen molar-refractivity contribution in [1.82, 2.24) is 20.9 Å². The van der Waals surface area contributed by atoms with Crippen molar-refractivity contribution in [2.75, 3.05) is 39.5 Å². The number of hydrogen-bond donors (Lipinski definition) is 6. The molecule has 328 valence electrons. The predicted molar refractivity (Wildman–Crippen MR) is 236 cm³/mol. The number of carbonyl (C=O) groups excluding carboxylic acids is 4. The van der Waals surface area contributed by atoms with Gasteiger partial charge in [-0.2, -0.15) is 0 Å². The Morgan fingerprint density at radius 2 is 1.78 bits per heavy atom. The third-order valence-electron chi connectivity index (χ3n) is 9.84. The summed E-state index contributed by atoms with van der Waals surface area (Å²) in [6, 6.07) is 1.98. The van der Waals surface area contributed by atoms with Crippen LogP contribution in [0.5, 0.6) is 11.5 Å². The number of rotatable bonds is 21. The number of nitrogen functional groups attached to an aromatic ring is 1. The minimum atomic E-state index is -1.28. The fourth-order valence-electron chi connectivity index (χ4n) is 6.63. The van der Waals surface area contributed by atoms with Crippen LogP contribution in [0.2, 0.25) is 0 Å². The molecule has 0 aliphatic carbocycles. The fraction of sp³-hybridized carbons (Fsp3) is 0.651. The van der Waals surface area contributed by atoms with Gasteiger partial charge in [-0.1, -0.05) is 47.5 Å². The number of phenols is 2. The van der Waals surface area contributed by atoms with E-state index >= 15 is 0 Å². The number of benzene rings is 1. The normalized spacial score (nSPS) is 14.2. The number of phenolic OH excluding ortho intramolecular Hbond substituents is 2. The van der Waals surface area contributed by atoms with E-state index in [0.29, 0.717) is 36.4 Å². The van der Waals surface area contributed by atoms with Gasteiger partial charge in [0.15, 0.2) is 6.10 Å². The molecular formula is C43H70N6O8SSr. The van der Waals surface area contributed by atoms with Crippen molar-refractivity contribution in [1.29, 1.82) is 0 Å². The Morgan fingerprint density at radius 3 is 2.27 bits per heavy atom. The van der Waals surface area contributed by atoms with Gasteiger partial charge in [-0.3, -0.25) is 14.4 Å². The number of carbonyl (C=O) groups is 4. The zero-order valence-electron chi connectivity index (χ0n) is 36.7. The summed E-state index contributed by atoms with van der Waals surface area (Å²) in [5.41, 5.74) is 5.35. The first-order chi connectivity index (χ1) is 27.9. The number of anilines is 1. The summed E-state index contributed by atoms with van der Waals surface area (Å²) >= 11 is -0.100. The molecule has 1 aliphatic heterocycles. The Hall–Kier alpha value is -2.75. The number of piperidine rings is 1. The van der Waals surface area contributed by atoms with Crippen LogP contribution < -0.4 is 11.8 Å². The molecule has 1 aliphatic rings. The number of esters is 1. The monoisotopic (exact) mass is 918 g/mol. The van der Waals surface area contributed by atoms with Gasteiger partial charge in [0.05, 0.1) is 0 Å². The van der Waals surface area contributed by atoms with E-state index in [1.54, 1.807) is 26.3 Å². The third-order valence-corrected chi connectivity index (χ3v) is 11.6. The molecule has 1 fully saturated rings. The predicted octanol–water partition coefficient (Wildman–Crippen LogP) is 5.77. The van der Waals surface area contributed by atoms with Crippen LogP contribution in [0.1, 0.15) is 139 Å². The van der Waals surface area contributed by atoms with Crippen LogP contribution in [0.4, 0.5) is 5.69 Å². The van der Waals surface area contributed by atoms with E-state index < -0.39 is 71.5 Å². The van der Waals surface area contributed by atoms with Crippen molar-refractivity contribution in [3.63, 3.8) is 0 Å². The van der Waals surface area contributed by atoms with Gasteiger partial charge in [-0.15, -0.1) is 23.7 Å². The van der Waals surface area contributed by atoms with Crippen LogP contribution >= 0.6 is 11.3 Å². The van der Waals surface area contributed by atoms with Gasteiger partial charge < -0.3 is 40.6 Å². The molecule has 16 heteroatoms. The molecule has 1 saturated heterocycles. The number of hydrogen-bond acceptors (Lipinski definition) is 13. The molecule has 1 aromatic carbocycles. The number of aromatic hydroxyl groups is 2. The Balaban J connectivity index is 0.00000137. The van der Waals surface area contributed by atoms with Crippen molar-refractivity contribution in [3.05, 3.63) is 33.8 Å². The first kappa shape index (κ1) is 54.3. The van der Waals surface area contributed by atoms with Crippen LogP contribution in [0, 0.1) is 23.7 Å². The maximum atomic E-state index is 13.5. The summed E-state index contributed by atoms with van der Waals surface area (Å²) in [6.45, 7) is 14.1. The van der Waals surface area contributed by atoms with Gasteiger partial charge in [0.1, 0.15) is 34.2 Å². The molecule has 0 saturated carbocycles. The number of aromatic nitrogens is 1. The van der Waals surface area contributed by atoms with E-state index in [-0.39, 0.29) is 53.6 Å². The van der Waals surface area contributed by atoms with Crippen LogP contribution in [0.15, 0.2) is 17.5 Å². The first-order valence-corrected chi connectivity index (χ1v) is 25.0. The Labute approximate surface area is 381 Å². The second kappa shape index (κ2) is 29.5. The van der Waals surface area contributed by atoms with Gasteiger partial charge in [0.25, 0.3) is 5.91 Å². The summed E-state index contributed by atoms with van der Waals surface area (Å²) in [6.07, 6.45) is 14.8. The topological polar surface area (TPSA) is 208 Å². The Kier molecular flexibility index (Phi) is 27.1. The minimum absolute atomic E-state index is 0.0399. The fourth-order valence-corrected chi connectivity index (χ4v) is 7.46. The van der Waals surface area contributed by atoms with Crippen molar-refractivity contribution in [2.24, 2.45) is 11.3 Å². The van der Waals surface area contributed by atoms with Crippen molar-refractivity contribution < 1.29 is 35.0 Å². The summed E-state index contributed by atoms with van der Waals surface area (Å²) in [4.78, 5) is 59.8. The molecule has 3 unspecified atom stereocenters. The molecular weight excluding hydrogens is 848 g/mol. The molecule has 2 heterocycles. The standard InChI is InChI=1S/C36H52N4O7S.C6H13N.CH4N.H2O.Sr/c1-8-10-12-13-15-40(32(45)14-11-9-2)28(23(3)4)19-31(47-24(5)42)35-39-27(21-48-35)34(46)38-26(20-36(6,7)22-41)16-25-17-29(43)33(37)30(44)18-25;1-7-5-3-2-4-6-7;1-2;;/h1,17-18,21-23,26,28,31,43-44H,9-16,19-20,37H2,2-7H3,(H,38,46);2-6H2,1H3;2H,1H3;1H2;/q;;-1;;+2/p-1. The number of amides is 2. The summed E-state index contributed by atoms with van der Waals surface area (Å²) < 4.78 is 16.4. The molecule has 7 N–H and O–H groups in total. The summed E-state index contributed by atoms with van der Waals surface area (Å²) in [5.74, 6) is 1.15. The Morgan fingerprint density at radius 1 is 1.15 bits per heavy atom. The number of nitrogens with one attached hydrogen (secondary N) is 2. The number of likely N-dealkylation sites (tertiary alicyclic amines) is 1. The summed E-state index contributed by atoms with van der Waals surface area (Å²) in [5, 5.41) is 25.2. The van der Waals surface area contributed by atoms with E-state index in [1.165, 1.54) is 62.7 Å². The van der Waals surface area contributed by atoms with E-state index in [4.69, 9.17) is 17.7 Å². The first-order valence-electron chi connectivity index (χ1n) is 20.8. The molecule has 14 nitrogen and oxygen atoms in total. The van der Waals surface area contributed by atoms with Crippen LogP contribution in [-0.4, -0.2) is 138 Å². The number of terminal acetylenes is 1. The molecule has 3 atom stereocenters. The molecule has 0 bridgehead atoms. The number of thiazole rings is 1. The number of unbranched alkanes of at least 4 members (excludes halogenated alkanes) is 3.